The van der Waals surface area contributed by atoms with E-state index >= 15 is 0 Å². The van der Waals surface area contributed by atoms with Crippen LogP contribution in [0.5, 0.6) is 0 Å². The van der Waals surface area contributed by atoms with Crippen LogP contribution in [0.25, 0.3) is 0 Å². The van der Waals surface area contributed by atoms with E-state index in [4.69, 9.17) is 23.2 Å². The van der Waals surface area contributed by atoms with Gasteiger partial charge in [0.15, 0.2) is 0 Å². The standard InChI is InChI=1S/C30H33Cl2N3O4S/c1-22(30(37)33-26-10-4-2-5-11-26)34(20-23-15-17-24(31)18-16-23)29(36)21-35(27-12-8-9-25(32)19-27)40(38,39)28-13-6-3-7-14-28/h3,6-9,12-19,22,26H,2,4-5,10-11,20-21H2,1H3,(H,33,37)/t22-/m0/s1. The van der Waals surface area contributed by atoms with Crippen LogP contribution in [0.1, 0.15) is 44.6 Å². The average Bonchev–Trinajstić information content (AvgIpc) is 2.96. The van der Waals surface area contributed by atoms with Gasteiger partial charge in [0.2, 0.25) is 11.8 Å². The van der Waals surface area contributed by atoms with Crippen molar-refractivity contribution in [2.75, 3.05) is 10.8 Å². The van der Waals surface area contributed by atoms with Crippen LogP contribution in [0.15, 0.2) is 83.8 Å². The molecule has 1 aliphatic carbocycles. The van der Waals surface area contributed by atoms with Crippen LogP contribution in [0.4, 0.5) is 5.69 Å². The number of hydrogen-bond donors (Lipinski definition) is 1. The van der Waals surface area contributed by atoms with E-state index in [2.05, 4.69) is 5.32 Å². The lowest BCUT2D eigenvalue weighted by molar-refractivity contribution is -0.139. The highest BCUT2D eigenvalue weighted by atomic mass is 35.5. The average molecular weight is 603 g/mol. The van der Waals surface area contributed by atoms with Crippen LogP contribution < -0.4 is 9.62 Å². The van der Waals surface area contributed by atoms with Crippen molar-refractivity contribution in [2.45, 2.75) is 62.6 Å². The summed E-state index contributed by atoms with van der Waals surface area (Å²) < 4.78 is 28.6. The smallest absolute Gasteiger partial charge is 0.264 e. The summed E-state index contributed by atoms with van der Waals surface area (Å²) in [6.07, 6.45) is 5.07. The lowest BCUT2D eigenvalue weighted by Gasteiger charge is -2.33. The second kappa shape index (κ2) is 13.5. The molecule has 212 valence electrons. The maximum atomic E-state index is 14.0. The first-order valence-corrected chi connectivity index (χ1v) is 15.5. The Labute approximate surface area is 246 Å². The van der Waals surface area contributed by atoms with Crippen molar-refractivity contribution in [3.63, 3.8) is 0 Å². The number of benzene rings is 3. The third-order valence-electron chi connectivity index (χ3n) is 7.09. The van der Waals surface area contributed by atoms with Gasteiger partial charge in [0, 0.05) is 22.6 Å². The van der Waals surface area contributed by atoms with Crippen LogP contribution in [-0.2, 0) is 26.2 Å². The Morgan fingerprint density at radius 2 is 1.57 bits per heavy atom. The summed E-state index contributed by atoms with van der Waals surface area (Å²) in [4.78, 5) is 28.8. The summed E-state index contributed by atoms with van der Waals surface area (Å²) in [5.74, 6) is -0.796. The zero-order valence-corrected chi connectivity index (χ0v) is 24.6. The second-order valence-electron chi connectivity index (χ2n) is 9.97. The molecule has 1 atom stereocenters. The molecule has 0 unspecified atom stereocenters. The maximum Gasteiger partial charge on any atom is 0.264 e. The number of nitrogens with zero attached hydrogens (tertiary/aromatic N) is 2. The molecule has 1 fully saturated rings. The number of carbonyl (C=O) groups is 2. The van der Waals surface area contributed by atoms with Crippen LogP contribution in [-0.4, -0.2) is 43.8 Å². The van der Waals surface area contributed by atoms with E-state index in [1.165, 1.54) is 23.1 Å². The van der Waals surface area contributed by atoms with E-state index in [0.717, 1.165) is 42.0 Å². The molecule has 1 aliphatic rings. The summed E-state index contributed by atoms with van der Waals surface area (Å²) in [5.41, 5.74) is 1.01. The lowest BCUT2D eigenvalue weighted by atomic mass is 9.95. The van der Waals surface area contributed by atoms with Gasteiger partial charge in [-0.25, -0.2) is 8.42 Å². The van der Waals surface area contributed by atoms with Crippen molar-refractivity contribution in [1.29, 1.82) is 0 Å². The summed E-state index contributed by atoms with van der Waals surface area (Å²) in [6, 6.07) is 20.5. The maximum absolute atomic E-state index is 14.0. The number of nitrogens with one attached hydrogen (secondary N) is 1. The molecule has 0 radical (unpaired) electrons. The zero-order valence-electron chi connectivity index (χ0n) is 22.3. The number of sulfonamides is 1. The summed E-state index contributed by atoms with van der Waals surface area (Å²) >= 11 is 12.3. The number of carbonyl (C=O) groups excluding carboxylic acids is 2. The van der Waals surface area contributed by atoms with Crippen molar-refractivity contribution in [3.05, 3.63) is 94.5 Å². The Balaban J connectivity index is 1.66. The number of rotatable bonds is 10. The first kappa shape index (κ1) is 29.9. The highest BCUT2D eigenvalue weighted by Gasteiger charge is 2.33. The number of amides is 2. The van der Waals surface area contributed by atoms with Gasteiger partial charge in [-0.2, -0.15) is 0 Å². The highest BCUT2D eigenvalue weighted by molar-refractivity contribution is 7.92. The molecule has 2 amide bonds. The number of hydrogen-bond acceptors (Lipinski definition) is 4. The fourth-order valence-corrected chi connectivity index (χ4v) is 6.56. The van der Waals surface area contributed by atoms with Gasteiger partial charge in [0.1, 0.15) is 12.6 Å². The lowest BCUT2D eigenvalue weighted by Crippen LogP contribution is -2.53. The zero-order chi connectivity index (χ0) is 28.7. The Morgan fingerprint density at radius 1 is 0.900 bits per heavy atom. The molecular formula is C30H33Cl2N3O4S. The van der Waals surface area contributed by atoms with Gasteiger partial charge in [-0.1, -0.05) is 78.9 Å². The van der Waals surface area contributed by atoms with Crippen molar-refractivity contribution in [3.8, 4) is 0 Å². The molecule has 0 spiro atoms. The molecule has 0 heterocycles. The van der Waals surface area contributed by atoms with Gasteiger partial charge in [-0.05, 0) is 67.8 Å². The van der Waals surface area contributed by atoms with Crippen LogP contribution >= 0.6 is 23.2 Å². The van der Waals surface area contributed by atoms with Crippen LogP contribution in [0.2, 0.25) is 10.0 Å². The molecule has 4 rings (SSSR count). The first-order chi connectivity index (χ1) is 19.1. The van der Waals surface area contributed by atoms with Crippen molar-refractivity contribution < 1.29 is 18.0 Å². The monoisotopic (exact) mass is 601 g/mol. The largest absolute Gasteiger partial charge is 0.352 e. The minimum absolute atomic E-state index is 0.0371. The molecule has 0 aromatic heterocycles. The van der Waals surface area contributed by atoms with Gasteiger partial charge in [-0.3, -0.25) is 13.9 Å². The first-order valence-electron chi connectivity index (χ1n) is 13.3. The van der Waals surface area contributed by atoms with E-state index in [-0.39, 0.29) is 29.1 Å². The molecule has 1 saturated carbocycles. The Kier molecular flexibility index (Phi) is 10.1. The fraction of sp³-hybridized carbons (Fsp3) is 0.333. The van der Waals surface area contributed by atoms with E-state index in [9.17, 15) is 18.0 Å². The van der Waals surface area contributed by atoms with Crippen LogP contribution in [0.3, 0.4) is 0 Å². The Hall–Kier alpha value is -3.07. The predicted octanol–water partition coefficient (Wildman–Crippen LogP) is 6.05. The quantitative estimate of drug-likeness (QED) is 0.306. The Bertz CT molecular complexity index is 1410. The molecule has 0 aliphatic heterocycles. The summed E-state index contributed by atoms with van der Waals surface area (Å²) in [6.45, 7) is 1.25. The van der Waals surface area contributed by atoms with Crippen molar-refractivity contribution >= 4 is 50.7 Å². The third-order valence-corrected chi connectivity index (χ3v) is 9.37. The van der Waals surface area contributed by atoms with Gasteiger partial charge < -0.3 is 10.2 Å². The second-order valence-corrected chi connectivity index (χ2v) is 12.7. The van der Waals surface area contributed by atoms with E-state index in [0.29, 0.717) is 10.0 Å². The normalized spacial score (nSPS) is 14.8. The van der Waals surface area contributed by atoms with E-state index in [1.54, 1.807) is 67.6 Å². The van der Waals surface area contributed by atoms with E-state index < -0.39 is 28.5 Å². The minimum atomic E-state index is -4.14. The number of anilines is 1. The molecule has 10 heteroatoms. The molecule has 40 heavy (non-hydrogen) atoms. The Morgan fingerprint density at radius 3 is 2.23 bits per heavy atom. The minimum Gasteiger partial charge on any atom is -0.352 e. The predicted molar refractivity (Wildman–Crippen MR) is 159 cm³/mol. The molecule has 0 bridgehead atoms. The summed E-state index contributed by atoms with van der Waals surface area (Å²) in [7, 11) is -4.14. The number of halogens is 2. The topological polar surface area (TPSA) is 86.8 Å². The highest BCUT2D eigenvalue weighted by Crippen LogP contribution is 2.27. The fourth-order valence-electron chi connectivity index (χ4n) is 4.82. The molecule has 3 aromatic rings. The molecule has 0 saturated heterocycles. The SMILES string of the molecule is C[C@@H](C(=O)NC1CCCCC1)N(Cc1ccc(Cl)cc1)C(=O)CN(c1cccc(Cl)c1)S(=O)(=O)c1ccccc1. The van der Waals surface area contributed by atoms with Crippen LogP contribution in [0, 0.1) is 0 Å². The van der Waals surface area contributed by atoms with Crippen molar-refractivity contribution in [2.24, 2.45) is 0 Å². The third kappa shape index (κ3) is 7.56. The molecule has 1 N–H and O–H groups in total. The molecule has 7 nitrogen and oxygen atoms in total. The summed E-state index contributed by atoms with van der Waals surface area (Å²) in [5, 5.41) is 3.97. The van der Waals surface area contributed by atoms with Crippen molar-refractivity contribution in [1.82, 2.24) is 10.2 Å². The van der Waals surface area contributed by atoms with Gasteiger partial charge in [0.25, 0.3) is 10.0 Å². The molecule has 3 aromatic carbocycles. The van der Waals surface area contributed by atoms with Gasteiger partial charge >= 0.3 is 0 Å². The van der Waals surface area contributed by atoms with Gasteiger partial charge in [-0.15, -0.1) is 0 Å². The van der Waals surface area contributed by atoms with Gasteiger partial charge in [0.05, 0.1) is 10.6 Å². The molecular weight excluding hydrogens is 569 g/mol. The van der Waals surface area contributed by atoms with E-state index in [1.807, 2.05) is 0 Å².